The number of fused-ring (bicyclic) bond motifs is 1. The third-order valence-corrected chi connectivity index (χ3v) is 1.19. The first-order chi connectivity index (χ1) is 5.25. The van der Waals surface area contributed by atoms with E-state index < -0.39 is 6.03 Å². The molecule has 6 heteroatoms. The van der Waals surface area contributed by atoms with Crippen molar-refractivity contribution in [1.29, 1.82) is 0 Å². The number of carbonyl (C=O) groups excluding carboxylic acids is 1. The van der Waals surface area contributed by atoms with Crippen molar-refractivity contribution in [3.05, 3.63) is 17.0 Å². The summed E-state index contributed by atoms with van der Waals surface area (Å²) in [6.07, 6.45) is 1.37. The topological polar surface area (TPSA) is 93.6 Å². The van der Waals surface area contributed by atoms with E-state index >= 15 is 0 Å². The van der Waals surface area contributed by atoms with Crippen molar-refractivity contribution >= 4 is 12.0 Å². The first-order valence-corrected chi connectivity index (χ1v) is 2.85. The summed E-state index contributed by atoms with van der Waals surface area (Å²) in [7, 11) is 0. The van der Waals surface area contributed by atoms with Gasteiger partial charge in [0.15, 0.2) is 5.49 Å². The van der Waals surface area contributed by atoms with Crippen LogP contribution in [0, 0.1) is 0 Å². The summed E-state index contributed by atoms with van der Waals surface area (Å²) in [5, 5.41) is 0.379. The molecule has 0 saturated heterocycles. The maximum absolute atomic E-state index is 10.6. The zero-order valence-corrected chi connectivity index (χ0v) is 5.35. The molecule has 1 aromatic rings. The fraction of sp³-hybridized carbons (Fsp3) is 0. The molecule has 2 amide bonds. The summed E-state index contributed by atoms with van der Waals surface area (Å²) >= 11 is 0. The molecule has 0 radical (unpaired) electrons. The van der Waals surface area contributed by atoms with Crippen molar-refractivity contribution < 1.29 is 4.79 Å². The number of hydrogen-bond acceptors (Lipinski definition) is 4. The number of carbonyl (C=O) groups is 1. The Hall–Kier alpha value is -1.85. The lowest BCUT2D eigenvalue weighted by Gasteiger charge is -1.84. The third-order valence-electron chi connectivity index (χ3n) is 1.19. The predicted molar refractivity (Wildman–Crippen MR) is 34.2 cm³/mol. The maximum atomic E-state index is 10.6. The second-order valence-electron chi connectivity index (χ2n) is 1.94. The molecule has 0 unspecified atom stereocenters. The van der Waals surface area contributed by atoms with Gasteiger partial charge in [0.05, 0.1) is 6.20 Å². The van der Waals surface area contributed by atoms with Gasteiger partial charge in [-0.15, -0.1) is 0 Å². The molecule has 0 spiro atoms. The highest BCUT2D eigenvalue weighted by molar-refractivity contribution is 5.77. The van der Waals surface area contributed by atoms with E-state index in [0.29, 0.717) is 5.36 Å². The van der Waals surface area contributed by atoms with E-state index in [1.165, 1.54) is 6.20 Å². The average molecular weight is 149 g/mol. The standard InChI is InChI=1S/C5H3N5O/c6-4-7-1-2-3(9-4)10-5(11)8-2/h1H,(H2,6,9,10,11). The Morgan fingerprint density at radius 3 is 3.00 bits per heavy atom. The highest BCUT2D eigenvalue weighted by Gasteiger charge is 2.05. The second kappa shape index (κ2) is 1.82. The lowest BCUT2D eigenvalue weighted by molar-refractivity contribution is 0.256. The van der Waals surface area contributed by atoms with Crippen molar-refractivity contribution in [2.75, 3.05) is 5.73 Å². The first-order valence-electron chi connectivity index (χ1n) is 2.85. The van der Waals surface area contributed by atoms with Gasteiger partial charge < -0.3 is 5.73 Å². The zero-order valence-electron chi connectivity index (χ0n) is 5.35. The van der Waals surface area contributed by atoms with Crippen molar-refractivity contribution in [2.24, 2.45) is 9.98 Å². The average Bonchev–Trinajstić information content (AvgIpc) is 2.27. The molecule has 0 bridgehead atoms. The molecular formula is C5H3N5O. The molecular weight excluding hydrogens is 146 g/mol. The van der Waals surface area contributed by atoms with Crippen LogP contribution >= 0.6 is 0 Å². The smallest absolute Gasteiger partial charge is 0.368 e. The summed E-state index contributed by atoms with van der Waals surface area (Å²) in [5.74, 6) is 0.0948. The van der Waals surface area contributed by atoms with Crippen LogP contribution < -0.4 is 16.6 Å². The van der Waals surface area contributed by atoms with E-state index in [1.54, 1.807) is 0 Å². The summed E-state index contributed by atoms with van der Waals surface area (Å²) in [6, 6.07) is -0.556. The lowest BCUT2D eigenvalue weighted by Crippen LogP contribution is -2.27. The lowest BCUT2D eigenvalue weighted by atomic mass is 10.6. The van der Waals surface area contributed by atoms with Crippen LogP contribution in [-0.4, -0.2) is 16.0 Å². The van der Waals surface area contributed by atoms with E-state index in [4.69, 9.17) is 5.73 Å². The molecule has 2 heterocycles. The monoisotopic (exact) mass is 149 g/mol. The summed E-state index contributed by atoms with van der Waals surface area (Å²) in [5.41, 5.74) is 5.49. The Bertz CT molecular complexity index is 437. The number of hydrogen-bond donors (Lipinski definition) is 1. The molecule has 1 aromatic heterocycles. The Kier molecular flexibility index (Phi) is 0.974. The van der Waals surface area contributed by atoms with Crippen molar-refractivity contribution in [1.82, 2.24) is 9.97 Å². The number of aromatic nitrogens is 2. The van der Waals surface area contributed by atoms with Gasteiger partial charge in [0.1, 0.15) is 5.36 Å². The van der Waals surface area contributed by atoms with Crippen molar-refractivity contribution in [3.8, 4) is 0 Å². The Morgan fingerprint density at radius 2 is 2.18 bits per heavy atom. The number of nitrogens with two attached hydrogens (primary N) is 1. The fourth-order valence-corrected chi connectivity index (χ4v) is 0.759. The molecule has 54 valence electrons. The van der Waals surface area contributed by atoms with Gasteiger partial charge in [-0.25, -0.2) is 9.78 Å². The zero-order chi connectivity index (χ0) is 7.84. The number of anilines is 1. The maximum Gasteiger partial charge on any atom is 0.369 e. The Balaban J connectivity index is 2.89. The largest absolute Gasteiger partial charge is 0.369 e. The molecule has 1 aliphatic heterocycles. The van der Waals surface area contributed by atoms with Crippen molar-refractivity contribution in [3.63, 3.8) is 0 Å². The summed E-state index contributed by atoms with van der Waals surface area (Å²) < 4.78 is 0. The van der Waals surface area contributed by atoms with Crippen LogP contribution in [0.15, 0.2) is 16.2 Å². The van der Waals surface area contributed by atoms with Gasteiger partial charge in [-0.2, -0.15) is 15.0 Å². The molecule has 0 atom stereocenters. The predicted octanol–water partition coefficient (Wildman–Crippen LogP) is -1.57. The molecule has 0 fully saturated rings. The van der Waals surface area contributed by atoms with Gasteiger partial charge in [0.25, 0.3) is 0 Å². The number of rotatable bonds is 0. The van der Waals surface area contributed by atoms with Gasteiger partial charge in [0.2, 0.25) is 5.95 Å². The molecule has 0 saturated carbocycles. The molecule has 2 N–H and O–H groups in total. The minimum absolute atomic E-state index is 0.0948. The quantitative estimate of drug-likeness (QED) is 0.482. The Morgan fingerprint density at radius 1 is 1.36 bits per heavy atom. The minimum Gasteiger partial charge on any atom is -0.368 e. The van der Waals surface area contributed by atoms with Crippen molar-refractivity contribution in [2.45, 2.75) is 0 Å². The summed E-state index contributed by atoms with van der Waals surface area (Å²) in [4.78, 5) is 24.9. The Labute approximate surface area is 60.5 Å². The third kappa shape index (κ3) is 0.841. The van der Waals surface area contributed by atoms with E-state index in [0.717, 1.165) is 0 Å². The van der Waals surface area contributed by atoms with Crippen LogP contribution in [0.4, 0.5) is 10.7 Å². The van der Waals surface area contributed by atoms with Gasteiger partial charge in [-0.1, -0.05) is 0 Å². The molecule has 6 nitrogen and oxygen atoms in total. The highest BCUT2D eigenvalue weighted by atomic mass is 16.2. The first kappa shape index (κ1) is 5.90. The van der Waals surface area contributed by atoms with Gasteiger partial charge >= 0.3 is 6.03 Å². The molecule has 2 rings (SSSR count). The second-order valence-corrected chi connectivity index (χ2v) is 1.94. The highest BCUT2D eigenvalue weighted by Crippen LogP contribution is 1.83. The normalized spacial score (nSPS) is 13.6. The van der Waals surface area contributed by atoms with Crippen LogP contribution in [0.3, 0.4) is 0 Å². The number of nitrogens with zero attached hydrogens (tertiary/aromatic N) is 4. The SMILES string of the molecule is Nc1ncc2c(n1)=NC(=O)N=2. The molecule has 11 heavy (non-hydrogen) atoms. The van der Waals surface area contributed by atoms with Crippen LogP contribution in [0.1, 0.15) is 0 Å². The minimum atomic E-state index is -0.556. The molecule has 0 aromatic carbocycles. The van der Waals surface area contributed by atoms with E-state index in [1.807, 2.05) is 0 Å². The molecule has 0 aliphatic carbocycles. The summed E-state index contributed by atoms with van der Waals surface area (Å²) in [6.45, 7) is 0. The van der Waals surface area contributed by atoms with Crippen LogP contribution in [0.5, 0.6) is 0 Å². The number of urea groups is 1. The van der Waals surface area contributed by atoms with Crippen LogP contribution in [0.25, 0.3) is 0 Å². The fourth-order valence-electron chi connectivity index (χ4n) is 0.759. The van der Waals surface area contributed by atoms with Crippen LogP contribution in [0.2, 0.25) is 0 Å². The van der Waals surface area contributed by atoms with Gasteiger partial charge in [-0.3, -0.25) is 0 Å². The van der Waals surface area contributed by atoms with E-state index in [-0.39, 0.29) is 11.4 Å². The van der Waals surface area contributed by atoms with Crippen LogP contribution in [-0.2, 0) is 0 Å². The number of amides is 2. The van der Waals surface area contributed by atoms with E-state index in [9.17, 15) is 4.79 Å². The van der Waals surface area contributed by atoms with Gasteiger partial charge in [-0.05, 0) is 0 Å². The van der Waals surface area contributed by atoms with Gasteiger partial charge in [0, 0.05) is 0 Å². The number of nitrogen functional groups attached to an aromatic ring is 1. The van der Waals surface area contributed by atoms with E-state index in [2.05, 4.69) is 20.0 Å². The molecule has 1 aliphatic rings.